The summed E-state index contributed by atoms with van der Waals surface area (Å²) in [6.07, 6.45) is 3.61. The molecule has 0 saturated carbocycles. The van der Waals surface area contributed by atoms with E-state index in [1.807, 2.05) is 61.1 Å². The number of carbonyl (C=O) groups excluding carboxylic acids is 1. The Balaban J connectivity index is 1.81. The summed E-state index contributed by atoms with van der Waals surface area (Å²) in [7, 11) is 0. The molecule has 6 nitrogen and oxygen atoms in total. The number of aromatic nitrogens is 4. The second-order valence-corrected chi connectivity index (χ2v) is 7.29. The summed E-state index contributed by atoms with van der Waals surface area (Å²) in [5, 5.41) is 8.16. The van der Waals surface area contributed by atoms with Crippen LogP contribution < -0.4 is 5.32 Å². The summed E-state index contributed by atoms with van der Waals surface area (Å²) in [5.74, 6) is 0.265. The van der Waals surface area contributed by atoms with Crippen molar-refractivity contribution in [3.05, 3.63) is 70.6 Å². The molecule has 1 aromatic carbocycles. The number of nitrogens with zero attached hydrogens (tertiary/aromatic N) is 4. The van der Waals surface area contributed by atoms with Gasteiger partial charge >= 0.3 is 0 Å². The zero-order valence-corrected chi connectivity index (χ0v) is 17.1. The van der Waals surface area contributed by atoms with Crippen LogP contribution in [0.4, 0.5) is 5.82 Å². The van der Waals surface area contributed by atoms with Gasteiger partial charge in [0.1, 0.15) is 5.82 Å². The Hall–Kier alpha value is -3.06. The number of rotatable bonds is 4. The van der Waals surface area contributed by atoms with Crippen molar-refractivity contribution in [1.82, 2.24) is 19.7 Å². The van der Waals surface area contributed by atoms with Crippen LogP contribution in [0.2, 0.25) is 0 Å². The maximum atomic E-state index is 13.0. The van der Waals surface area contributed by atoms with Gasteiger partial charge in [-0.3, -0.25) is 9.48 Å². The summed E-state index contributed by atoms with van der Waals surface area (Å²) in [5.41, 5.74) is 3.84. The van der Waals surface area contributed by atoms with Crippen LogP contribution >= 0.6 is 15.9 Å². The van der Waals surface area contributed by atoms with E-state index in [1.54, 1.807) is 12.3 Å². The van der Waals surface area contributed by atoms with Gasteiger partial charge < -0.3 is 5.32 Å². The van der Waals surface area contributed by atoms with Crippen LogP contribution in [0.1, 0.15) is 23.0 Å². The van der Waals surface area contributed by atoms with Crippen molar-refractivity contribution >= 4 is 38.6 Å². The largest absolute Gasteiger partial charge is 0.307 e. The molecule has 0 unspecified atom stereocenters. The maximum absolute atomic E-state index is 13.0. The normalized spacial score (nSPS) is 11.0. The van der Waals surface area contributed by atoms with Crippen LogP contribution in [0.3, 0.4) is 0 Å². The standard InChI is InChI=1S/C21H18BrN5O/c1-3-27-12-17(13(2)26-27)19-10-16(15-6-4-5-7-18(15)24-19)21(28)25-20-9-8-14(22)11-23-20/h4-12H,3H2,1-2H3,(H,23,25,28). The van der Waals surface area contributed by atoms with Crippen molar-refractivity contribution in [2.75, 3.05) is 5.32 Å². The minimum absolute atomic E-state index is 0.227. The molecule has 7 heteroatoms. The van der Waals surface area contributed by atoms with Crippen LogP contribution in [-0.4, -0.2) is 25.7 Å². The van der Waals surface area contributed by atoms with E-state index < -0.39 is 0 Å². The van der Waals surface area contributed by atoms with Gasteiger partial charge in [-0.2, -0.15) is 5.10 Å². The van der Waals surface area contributed by atoms with E-state index in [-0.39, 0.29) is 5.91 Å². The molecule has 3 aromatic heterocycles. The van der Waals surface area contributed by atoms with Gasteiger partial charge in [-0.1, -0.05) is 18.2 Å². The number of para-hydroxylation sites is 1. The molecule has 0 spiro atoms. The monoisotopic (exact) mass is 435 g/mol. The average Bonchev–Trinajstić information content (AvgIpc) is 3.09. The van der Waals surface area contributed by atoms with E-state index in [2.05, 4.69) is 31.3 Å². The number of nitrogens with one attached hydrogen (secondary N) is 1. The van der Waals surface area contributed by atoms with Gasteiger partial charge in [-0.05, 0) is 54.0 Å². The lowest BCUT2D eigenvalue weighted by molar-refractivity contribution is 0.102. The third-order valence-corrected chi connectivity index (χ3v) is 4.95. The Kier molecular flexibility index (Phi) is 4.92. The Morgan fingerprint density at radius 1 is 1.21 bits per heavy atom. The quantitative estimate of drug-likeness (QED) is 0.497. The molecular formula is C21H18BrN5O. The molecule has 0 bridgehead atoms. The number of halogens is 1. The highest BCUT2D eigenvalue weighted by molar-refractivity contribution is 9.10. The van der Waals surface area contributed by atoms with Crippen molar-refractivity contribution in [3.8, 4) is 11.3 Å². The molecule has 0 fully saturated rings. The fourth-order valence-corrected chi connectivity index (χ4v) is 3.30. The van der Waals surface area contributed by atoms with E-state index in [0.717, 1.165) is 38.9 Å². The molecule has 4 aromatic rings. The molecule has 0 atom stereocenters. The highest BCUT2D eigenvalue weighted by Crippen LogP contribution is 2.27. The first kappa shape index (κ1) is 18.3. The molecule has 0 aliphatic rings. The first-order valence-corrected chi connectivity index (χ1v) is 9.71. The molecule has 1 amide bonds. The molecule has 3 heterocycles. The van der Waals surface area contributed by atoms with Crippen LogP contribution in [0.25, 0.3) is 22.2 Å². The molecule has 4 rings (SSSR count). The Bertz CT molecular complexity index is 1170. The van der Waals surface area contributed by atoms with E-state index in [9.17, 15) is 4.79 Å². The van der Waals surface area contributed by atoms with Crippen molar-refractivity contribution < 1.29 is 4.79 Å². The molecule has 0 saturated heterocycles. The Morgan fingerprint density at radius 3 is 2.75 bits per heavy atom. The number of hydrogen-bond acceptors (Lipinski definition) is 4. The third-order valence-electron chi connectivity index (χ3n) is 4.48. The molecular weight excluding hydrogens is 418 g/mol. The zero-order chi connectivity index (χ0) is 19.7. The predicted octanol–water partition coefficient (Wildman–Crippen LogP) is 4.84. The summed E-state index contributed by atoms with van der Waals surface area (Å²) in [6, 6.07) is 13.0. The minimum Gasteiger partial charge on any atom is -0.307 e. The second-order valence-electron chi connectivity index (χ2n) is 6.37. The zero-order valence-electron chi connectivity index (χ0n) is 15.5. The lowest BCUT2D eigenvalue weighted by Crippen LogP contribution is -2.14. The topological polar surface area (TPSA) is 72.7 Å². The van der Waals surface area contributed by atoms with Crippen molar-refractivity contribution in [1.29, 1.82) is 0 Å². The van der Waals surface area contributed by atoms with E-state index in [1.165, 1.54) is 0 Å². The lowest BCUT2D eigenvalue weighted by Gasteiger charge is -2.10. The number of aryl methyl sites for hydroxylation is 2. The maximum Gasteiger partial charge on any atom is 0.257 e. The summed E-state index contributed by atoms with van der Waals surface area (Å²) in [4.78, 5) is 22.0. The van der Waals surface area contributed by atoms with Gasteiger partial charge in [0.2, 0.25) is 0 Å². The highest BCUT2D eigenvalue weighted by atomic mass is 79.9. The van der Waals surface area contributed by atoms with Crippen molar-refractivity contribution in [3.63, 3.8) is 0 Å². The number of fused-ring (bicyclic) bond motifs is 1. The molecule has 1 N–H and O–H groups in total. The number of pyridine rings is 2. The van der Waals surface area contributed by atoms with Gasteiger partial charge in [0.15, 0.2) is 0 Å². The number of amides is 1. The summed E-state index contributed by atoms with van der Waals surface area (Å²) < 4.78 is 2.72. The predicted molar refractivity (Wildman–Crippen MR) is 113 cm³/mol. The van der Waals surface area contributed by atoms with Gasteiger partial charge in [-0.15, -0.1) is 0 Å². The molecule has 140 valence electrons. The first-order chi connectivity index (χ1) is 13.5. The van der Waals surface area contributed by atoms with Crippen LogP contribution in [-0.2, 0) is 6.54 Å². The van der Waals surface area contributed by atoms with Gasteiger partial charge in [0.05, 0.1) is 22.5 Å². The third kappa shape index (κ3) is 3.53. The minimum atomic E-state index is -0.227. The number of anilines is 1. The van der Waals surface area contributed by atoms with Crippen LogP contribution in [0.15, 0.2) is 59.3 Å². The fraction of sp³-hybridized carbons (Fsp3) is 0.143. The van der Waals surface area contributed by atoms with Crippen molar-refractivity contribution in [2.24, 2.45) is 0 Å². The number of carbonyl (C=O) groups is 1. The van der Waals surface area contributed by atoms with Crippen LogP contribution in [0.5, 0.6) is 0 Å². The van der Waals surface area contributed by atoms with E-state index in [4.69, 9.17) is 4.98 Å². The van der Waals surface area contributed by atoms with Gasteiger partial charge in [0, 0.05) is 34.4 Å². The summed E-state index contributed by atoms with van der Waals surface area (Å²) in [6.45, 7) is 4.76. The smallest absolute Gasteiger partial charge is 0.257 e. The Labute approximate surface area is 170 Å². The molecule has 0 radical (unpaired) electrons. The second kappa shape index (κ2) is 7.52. The van der Waals surface area contributed by atoms with Crippen molar-refractivity contribution in [2.45, 2.75) is 20.4 Å². The van der Waals surface area contributed by atoms with Crippen LogP contribution in [0, 0.1) is 6.92 Å². The summed E-state index contributed by atoms with van der Waals surface area (Å²) >= 11 is 3.35. The lowest BCUT2D eigenvalue weighted by atomic mass is 10.0. The average molecular weight is 436 g/mol. The fourth-order valence-electron chi connectivity index (χ4n) is 3.07. The molecule has 0 aliphatic carbocycles. The van der Waals surface area contributed by atoms with E-state index in [0.29, 0.717) is 11.4 Å². The number of benzene rings is 1. The SMILES string of the molecule is CCn1cc(-c2cc(C(=O)Nc3ccc(Br)cn3)c3ccccc3n2)c(C)n1. The first-order valence-electron chi connectivity index (χ1n) is 8.92. The molecule has 28 heavy (non-hydrogen) atoms. The van der Waals surface area contributed by atoms with E-state index >= 15 is 0 Å². The van der Waals surface area contributed by atoms with Gasteiger partial charge in [-0.25, -0.2) is 9.97 Å². The number of hydrogen-bond donors (Lipinski definition) is 1. The Morgan fingerprint density at radius 2 is 2.04 bits per heavy atom. The highest BCUT2D eigenvalue weighted by Gasteiger charge is 2.16. The van der Waals surface area contributed by atoms with Gasteiger partial charge in [0.25, 0.3) is 5.91 Å². The molecule has 0 aliphatic heterocycles.